The summed E-state index contributed by atoms with van der Waals surface area (Å²) in [6, 6.07) is 28.1. The van der Waals surface area contributed by atoms with E-state index in [0.717, 1.165) is 64.6 Å². The molecule has 1 heterocycles. The highest BCUT2D eigenvalue weighted by atomic mass is 16.5. The maximum Gasteiger partial charge on any atom is 0.224 e. The number of anilines is 2. The number of amides is 1. The van der Waals surface area contributed by atoms with Crippen molar-refractivity contribution in [3.8, 4) is 11.5 Å². The predicted molar refractivity (Wildman–Crippen MR) is 161 cm³/mol. The van der Waals surface area contributed by atoms with Crippen LogP contribution >= 0.6 is 0 Å². The van der Waals surface area contributed by atoms with E-state index in [4.69, 9.17) is 9.72 Å². The van der Waals surface area contributed by atoms with E-state index >= 15 is 0 Å². The lowest BCUT2D eigenvalue weighted by atomic mass is 9.49. The van der Waals surface area contributed by atoms with Crippen molar-refractivity contribution in [3.05, 3.63) is 90.5 Å². The molecule has 0 radical (unpaired) electrons. The normalized spacial score (nSPS) is 24.6. The molecule has 4 aliphatic carbocycles. The van der Waals surface area contributed by atoms with E-state index in [1.165, 1.54) is 44.1 Å². The molecule has 4 saturated carbocycles. The topological polar surface area (TPSA) is 63.2 Å². The first-order chi connectivity index (χ1) is 19.6. The van der Waals surface area contributed by atoms with Crippen molar-refractivity contribution in [2.24, 2.45) is 23.2 Å². The molecule has 1 aromatic heterocycles. The number of ether oxygens (including phenoxy) is 1. The monoisotopic (exact) mass is 531 g/mol. The molecule has 5 heteroatoms. The summed E-state index contributed by atoms with van der Waals surface area (Å²) >= 11 is 0. The second kappa shape index (κ2) is 10.6. The minimum atomic E-state index is 0.164. The van der Waals surface area contributed by atoms with Gasteiger partial charge in [-0.05, 0) is 122 Å². The van der Waals surface area contributed by atoms with Gasteiger partial charge in [0.25, 0.3) is 0 Å². The smallest absolute Gasteiger partial charge is 0.224 e. The number of rotatable bonds is 9. The van der Waals surface area contributed by atoms with Gasteiger partial charge in [0.2, 0.25) is 5.91 Å². The molecular formula is C35H37N3O2. The van der Waals surface area contributed by atoms with Crippen molar-refractivity contribution in [1.29, 1.82) is 0 Å². The Morgan fingerprint density at radius 3 is 2.23 bits per heavy atom. The lowest BCUT2D eigenvalue weighted by Gasteiger charge is -2.56. The average Bonchev–Trinajstić information content (AvgIpc) is 2.93. The van der Waals surface area contributed by atoms with Gasteiger partial charge in [0, 0.05) is 18.4 Å². The molecule has 4 bridgehead atoms. The van der Waals surface area contributed by atoms with Crippen LogP contribution in [0.15, 0.2) is 84.9 Å². The Morgan fingerprint density at radius 2 is 1.50 bits per heavy atom. The number of hydrogen-bond acceptors (Lipinski definition) is 4. The molecule has 3 aromatic carbocycles. The largest absolute Gasteiger partial charge is 0.457 e. The highest BCUT2D eigenvalue weighted by Gasteiger charge is 2.51. The summed E-state index contributed by atoms with van der Waals surface area (Å²) in [5.74, 6) is 5.26. The summed E-state index contributed by atoms with van der Waals surface area (Å²) < 4.78 is 5.89. The van der Waals surface area contributed by atoms with Crippen molar-refractivity contribution in [3.63, 3.8) is 0 Å². The van der Waals surface area contributed by atoms with E-state index in [2.05, 4.69) is 28.8 Å². The molecule has 5 nitrogen and oxygen atoms in total. The highest BCUT2D eigenvalue weighted by Crippen LogP contribution is 2.61. The van der Waals surface area contributed by atoms with Crippen LogP contribution in [0.3, 0.4) is 0 Å². The Labute approximate surface area is 236 Å². The molecular weight excluding hydrogens is 494 g/mol. The zero-order valence-corrected chi connectivity index (χ0v) is 22.9. The number of carbonyl (C=O) groups is 1. The summed E-state index contributed by atoms with van der Waals surface area (Å²) in [5, 5.41) is 7.70. The standard InChI is InChI=1S/C35H37N3O2/c39-34(23-35-20-25-17-26(21-35)19-27(18-25)22-35)38-32-8-4-7-31-30(32)13-14-33(37-31)36-16-15-24-9-11-29(12-10-24)40-28-5-2-1-3-6-28/h1-14,25-27H,15-23H2,(H,36,37)(H,38,39). The van der Waals surface area contributed by atoms with E-state index in [0.29, 0.717) is 6.42 Å². The second-order valence-electron chi connectivity index (χ2n) is 12.4. The van der Waals surface area contributed by atoms with Gasteiger partial charge in [0.15, 0.2) is 0 Å². The summed E-state index contributed by atoms with van der Waals surface area (Å²) in [5.41, 5.74) is 3.23. The molecule has 0 unspecified atom stereocenters. The van der Waals surface area contributed by atoms with Gasteiger partial charge in [-0.2, -0.15) is 0 Å². The summed E-state index contributed by atoms with van der Waals surface area (Å²) in [6.07, 6.45) is 9.52. The number of para-hydroxylation sites is 1. The summed E-state index contributed by atoms with van der Waals surface area (Å²) in [6.45, 7) is 0.777. The summed E-state index contributed by atoms with van der Waals surface area (Å²) in [4.78, 5) is 18.1. The molecule has 40 heavy (non-hydrogen) atoms. The number of fused-ring (bicyclic) bond motifs is 1. The van der Waals surface area contributed by atoms with Crippen LogP contribution in [0.2, 0.25) is 0 Å². The molecule has 4 aliphatic rings. The van der Waals surface area contributed by atoms with E-state index in [9.17, 15) is 4.79 Å². The van der Waals surface area contributed by atoms with Crippen LogP contribution in [-0.4, -0.2) is 17.4 Å². The van der Waals surface area contributed by atoms with E-state index in [1.54, 1.807) is 0 Å². The molecule has 2 N–H and O–H groups in total. The number of hydrogen-bond donors (Lipinski definition) is 2. The van der Waals surface area contributed by atoms with Crippen LogP contribution in [0, 0.1) is 23.2 Å². The minimum absolute atomic E-state index is 0.164. The maximum atomic E-state index is 13.2. The van der Waals surface area contributed by atoms with Gasteiger partial charge in [-0.1, -0.05) is 36.4 Å². The van der Waals surface area contributed by atoms with Gasteiger partial charge in [0.1, 0.15) is 17.3 Å². The first kappa shape index (κ1) is 25.1. The molecule has 4 aromatic rings. The SMILES string of the molecule is O=C(CC12CC3CC(CC(C3)C1)C2)Nc1cccc2nc(NCCc3ccc(Oc4ccccc4)cc3)ccc12. The number of pyridine rings is 1. The molecule has 1 amide bonds. The summed E-state index contributed by atoms with van der Waals surface area (Å²) in [7, 11) is 0. The second-order valence-corrected chi connectivity index (χ2v) is 12.4. The molecule has 4 fully saturated rings. The van der Waals surface area contributed by atoms with Crippen LogP contribution < -0.4 is 15.4 Å². The third-order valence-electron chi connectivity index (χ3n) is 9.33. The minimum Gasteiger partial charge on any atom is -0.457 e. The quantitative estimate of drug-likeness (QED) is 0.228. The molecule has 204 valence electrons. The molecule has 0 atom stereocenters. The third kappa shape index (κ3) is 5.42. The fourth-order valence-corrected chi connectivity index (χ4v) is 8.09. The maximum absolute atomic E-state index is 13.2. The van der Waals surface area contributed by atoms with Crippen molar-refractivity contribution < 1.29 is 9.53 Å². The number of nitrogens with one attached hydrogen (secondary N) is 2. The van der Waals surface area contributed by atoms with E-state index in [-0.39, 0.29) is 11.3 Å². The van der Waals surface area contributed by atoms with Crippen LogP contribution in [0.1, 0.15) is 50.5 Å². The van der Waals surface area contributed by atoms with Crippen molar-refractivity contribution >= 4 is 28.3 Å². The average molecular weight is 532 g/mol. The lowest BCUT2D eigenvalue weighted by Crippen LogP contribution is -2.47. The Balaban J connectivity index is 0.949. The van der Waals surface area contributed by atoms with Crippen LogP contribution in [0.5, 0.6) is 11.5 Å². The zero-order valence-electron chi connectivity index (χ0n) is 22.9. The Morgan fingerprint density at radius 1 is 0.800 bits per heavy atom. The van der Waals surface area contributed by atoms with Gasteiger partial charge >= 0.3 is 0 Å². The zero-order chi connectivity index (χ0) is 26.9. The van der Waals surface area contributed by atoms with E-state index in [1.807, 2.05) is 66.7 Å². The fourth-order valence-electron chi connectivity index (χ4n) is 8.09. The Hall–Kier alpha value is -3.86. The fraction of sp³-hybridized carbons (Fsp3) is 0.371. The number of carbonyl (C=O) groups excluding carboxylic acids is 1. The van der Waals surface area contributed by atoms with Crippen molar-refractivity contribution in [2.75, 3.05) is 17.2 Å². The number of aromatic nitrogens is 1. The molecule has 0 spiro atoms. The van der Waals surface area contributed by atoms with Gasteiger partial charge in [-0.15, -0.1) is 0 Å². The van der Waals surface area contributed by atoms with Crippen LogP contribution in [-0.2, 0) is 11.2 Å². The van der Waals surface area contributed by atoms with Crippen molar-refractivity contribution in [2.45, 2.75) is 51.4 Å². The lowest BCUT2D eigenvalue weighted by molar-refractivity contribution is -0.124. The third-order valence-corrected chi connectivity index (χ3v) is 9.33. The van der Waals surface area contributed by atoms with Gasteiger partial charge in [-0.3, -0.25) is 4.79 Å². The highest BCUT2D eigenvalue weighted by molar-refractivity contribution is 6.01. The first-order valence-corrected chi connectivity index (χ1v) is 14.8. The molecule has 8 rings (SSSR count). The number of nitrogens with zero attached hydrogens (tertiary/aromatic N) is 1. The van der Waals surface area contributed by atoms with Gasteiger partial charge in [-0.25, -0.2) is 4.98 Å². The van der Waals surface area contributed by atoms with Crippen LogP contribution in [0.25, 0.3) is 10.9 Å². The Kier molecular flexibility index (Phi) is 6.66. The predicted octanol–water partition coefficient (Wildman–Crippen LogP) is 8.23. The van der Waals surface area contributed by atoms with Gasteiger partial charge < -0.3 is 15.4 Å². The van der Waals surface area contributed by atoms with Crippen molar-refractivity contribution in [1.82, 2.24) is 4.98 Å². The molecule has 0 aliphatic heterocycles. The molecule has 0 saturated heterocycles. The van der Waals surface area contributed by atoms with E-state index < -0.39 is 0 Å². The number of benzene rings is 3. The first-order valence-electron chi connectivity index (χ1n) is 14.8. The van der Waals surface area contributed by atoms with Gasteiger partial charge in [0.05, 0.1) is 11.2 Å². The van der Waals surface area contributed by atoms with Crippen LogP contribution in [0.4, 0.5) is 11.5 Å². The Bertz CT molecular complexity index is 1460.